The number of methoxy groups -OCH3 is 1. The van der Waals surface area contributed by atoms with Gasteiger partial charge < -0.3 is 15.0 Å². The first-order valence-corrected chi connectivity index (χ1v) is 11.8. The van der Waals surface area contributed by atoms with Crippen molar-refractivity contribution in [1.82, 2.24) is 14.9 Å². The number of carbonyl (C=O) groups is 2. The number of anilines is 1. The van der Waals surface area contributed by atoms with Gasteiger partial charge >= 0.3 is 0 Å². The van der Waals surface area contributed by atoms with Crippen LogP contribution in [0.25, 0.3) is 0 Å². The average Bonchev–Trinajstić information content (AvgIpc) is 2.94. The van der Waals surface area contributed by atoms with Gasteiger partial charge in [-0.3, -0.25) is 14.6 Å². The zero-order chi connectivity index (χ0) is 26.2. The topological polar surface area (TPSA) is 84.4 Å². The number of halogens is 1. The van der Waals surface area contributed by atoms with Crippen LogP contribution in [0, 0.1) is 5.82 Å². The van der Waals surface area contributed by atoms with E-state index >= 15 is 0 Å². The van der Waals surface area contributed by atoms with E-state index < -0.39 is 23.7 Å². The minimum Gasteiger partial charge on any atom is -0.496 e. The summed E-state index contributed by atoms with van der Waals surface area (Å²) in [6.45, 7) is 2.11. The number of nitrogens with one attached hydrogen (secondary N) is 1. The van der Waals surface area contributed by atoms with E-state index in [-0.39, 0.29) is 12.2 Å². The van der Waals surface area contributed by atoms with Crippen molar-refractivity contribution in [1.29, 1.82) is 0 Å². The number of para-hydroxylation sites is 1. The van der Waals surface area contributed by atoms with Gasteiger partial charge in [0.25, 0.3) is 11.8 Å². The van der Waals surface area contributed by atoms with Crippen LogP contribution in [0.5, 0.6) is 5.75 Å². The average molecular weight is 499 g/mol. The van der Waals surface area contributed by atoms with Crippen LogP contribution in [0.1, 0.15) is 40.1 Å². The van der Waals surface area contributed by atoms with Crippen molar-refractivity contribution in [3.63, 3.8) is 0 Å². The summed E-state index contributed by atoms with van der Waals surface area (Å²) in [6.07, 6.45) is 5.10. The van der Waals surface area contributed by atoms with E-state index in [1.165, 1.54) is 47.8 Å². The van der Waals surface area contributed by atoms with Gasteiger partial charge in [-0.2, -0.15) is 0 Å². The van der Waals surface area contributed by atoms with Gasteiger partial charge in [0, 0.05) is 23.6 Å². The van der Waals surface area contributed by atoms with E-state index in [1.54, 1.807) is 13.2 Å². The van der Waals surface area contributed by atoms with E-state index in [1.807, 2.05) is 49.4 Å². The fourth-order valence-electron chi connectivity index (χ4n) is 4.01. The zero-order valence-corrected chi connectivity index (χ0v) is 20.6. The largest absolute Gasteiger partial charge is 0.496 e. The third-order valence-electron chi connectivity index (χ3n) is 5.95. The smallest absolute Gasteiger partial charge is 0.275 e. The van der Waals surface area contributed by atoms with Crippen molar-refractivity contribution in [3.8, 4) is 5.75 Å². The summed E-state index contributed by atoms with van der Waals surface area (Å²) < 4.78 is 19.0. The molecule has 0 saturated carbocycles. The Kier molecular flexibility index (Phi) is 8.20. The third kappa shape index (κ3) is 6.16. The molecule has 1 N–H and O–H groups in total. The molecule has 0 aliphatic heterocycles. The van der Waals surface area contributed by atoms with Crippen molar-refractivity contribution in [2.24, 2.45) is 0 Å². The lowest BCUT2D eigenvalue weighted by Gasteiger charge is -2.31. The van der Waals surface area contributed by atoms with Crippen LogP contribution in [0.3, 0.4) is 0 Å². The van der Waals surface area contributed by atoms with E-state index in [9.17, 15) is 14.0 Å². The fourth-order valence-corrected chi connectivity index (χ4v) is 4.01. The van der Waals surface area contributed by atoms with Crippen molar-refractivity contribution < 1.29 is 18.7 Å². The number of ether oxygens (including phenoxy) is 1. The summed E-state index contributed by atoms with van der Waals surface area (Å²) in [5.74, 6) is -0.764. The number of hydrogen-bond donors (Lipinski definition) is 1. The van der Waals surface area contributed by atoms with Crippen LogP contribution < -0.4 is 10.1 Å². The van der Waals surface area contributed by atoms with Gasteiger partial charge in [0.15, 0.2) is 0 Å². The molecule has 0 saturated heterocycles. The summed E-state index contributed by atoms with van der Waals surface area (Å²) >= 11 is 0. The number of benzene rings is 3. The highest BCUT2D eigenvalue weighted by molar-refractivity contribution is 6.00. The van der Waals surface area contributed by atoms with Gasteiger partial charge in [-0.25, -0.2) is 9.37 Å². The molecule has 188 valence electrons. The number of carbonyl (C=O) groups excluding carboxylic acids is 2. The molecule has 37 heavy (non-hydrogen) atoms. The molecule has 1 aromatic heterocycles. The molecule has 0 spiro atoms. The normalized spacial score (nSPS) is 11.4. The van der Waals surface area contributed by atoms with Crippen LogP contribution >= 0.6 is 0 Å². The van der Waals surface area contributed by atoms with Crippen LogP contribution in [-0.4, -0.2) is 33.8 Å². The third-order valence-corrected chi connectivity index (χ3v) is 5.95. The molecule has 0 bridgehead atoms. The highest BCUT2D eigenvalue weighted by Gasteiger charge is 2.33. The van der Waals surface area contributed by atoms with Crippen molar-refractivity contribution in [2.75, 3.05) is 12.4 Å². The Balaban J connectivity index is 1.81. The SMILES string of the molecule is CCc1ccc([C@H](C(=O)Nc2ccc(F)cc2)N(Cc2ccccc2OC)C(=O)c2cnccn2)cc1. The van der Waals surface area contributed by atoms with E-state index in [0.717, 1.165) is 12.0 Å². The first-order chi connectivity index (χ1) is 18.0. The van der Waals surface area contributed by atoms with Crippen molar-refractivity contribution in [3.05, 3.63) is 120 Å². The maximum Gasteiger partial charge on any atom is 0.275 e. The molecule has 7 nitrogen and oxygen atoms in total. The van der Waals surface area contributed by atoms with Crippen LogP contribution in [0.4, 0.5) is 10.1 Å². The van der Waals surface area contributed by atoms with Crippen molar-refractivity contribution in [2.45, 2.75) is 25.9 Å². The predicted octanol–water partition coefficient (Wildman–Crippen LogP) is 5.21. The Hall–Kier alpha value is -4.59. The lowest BCUT2D eigenvalue weighted by atomic mass is 10.00. The predicted molar refractivity (Wildman–Crippen MR) is 138 cm³/mol. The summed E-state index contributed by atoms with van der Waals surface area (Å²) in [4.78, 5) is 37.3. The first kappa shape index (κ1) is 25.5. The molecular formula is C29H27FN4O3. The second-order valence-electron chi connectivity index (χ2n) is 8.33. The quantitative estimate of drug-likeness (QED) is 0.343. The van der Waals surface area contributed by atoms with Crippen molar-refractivity contribution >= 4 is 17.5 Å². The summed E-state index contributed by atoms with van der Waals surface area (Å²) in [5, 5.41) is 2.83. The summed E-state index contributed by atoms with van der Waals surface area (Å²) in [6, 6.07) is 19.3. The summed E-state index contributed by atoms with van der Waals surface area (Å²) in [7, 11) is 1.55. The Morgan fingerprint density at radius 2 is 1.73 bits per heavy atom. The molecular weight excluding hydrogens is 471 g/mol. The minimum atomic E-state index is -1.03. The molecule has 1 atom stereocenters. The van der Waals surface area contributed by atoms with Gasteiger partial charge in [0.05, 0.1) is 19.9 Å². The Labute approximate surface area is 215 Å². The molecule has 3 aromatic carbocycles. The standard InChI is InChI=1S/C29H27FN4O3/c1-3-20-8-10-21(11-9-20)27(28(35)33-24-14-12-23(30)13-15-24)34(29(36)25-18-31-16-17-32-25)19-22-6-4-5-7-26(22)37-2/h4-18,27H,3,19H2,1-2H3,(H,33,35)/t27-/m1/s1. The van der Waals surface area contributed by atoms with Crippen LogP contribution in [0.15, 0.2) is 91.4 Å². The number of amides is 2. The lowest BCUT2D eigenvalue weighted by molar-refractivity contribution is -0.121. The number of aromatic nitrogens is 2. The number of nitrogens with zero attached hydrogens (tertiary/aromatic N) is 3. The number of rotatable bonds is 9. The lowest BCUT2D eigenvalue weighted by Crippen LogP contribution is -2.41. The highest BCUT2D eigenvalue weighted by Crippen LogP contribution is 2.29. The Bertz CT molecular complexity index is 1350. The Morgan fingerprint density at radius 1 is 1.00 bits per heavy atom. The van der Waals surface area contributed by atoms with Crippen LogP contribution in [-0.2, 0) is 17.8 Å². The minimum absolute atomic E-state index is 0.0659. The van der Waals surface area contributed by atoms with Gasteiger partial charge in [-0.15, -0.1) is 0 Å². The molecule has 0 aliphatic rings. The van der Waals surface area contributed by atoms with Crippen LogP contribution in [0.2, 0.25) is 0 Å². The van der Waals surface area contributed by atoms with E-state index in [0.29, 0.717) is 22.6 Å². The van der Waals surface area contributed by atoms with Gasteiger partial charge in [0.1, 0.15) is 23.3 Å². The summed E-state index contributed by atoms with van der Waals surface area (Å²) in [5.41, 5.74) is 2.93. The molecule has 2 amide bonds. The van der Waals surface area contributed by atoms with Gasteiger partial charge in [-0.05, 0) is 47.9 Å². The Morgan fingerprint density at radius 3 is 2.38 bits per heavy atom. The molecule has 0 radical (unpaired) electrons. The number of aryl methyl sites for hydroxylation is 1. The maximum absolute atomic E-state index is 13.8. The second kappa shape index (κ2) is 11.9. The molecule has 4 rings (SSSR count). The van der Waals surface area contributed by atoms with E-state index in [4.69, 9.17) is 4.74 Å². The van der Waals surface area contributed by atoms with Gasteiger partial charge in [0.2, 0.25) is 0 Å². The first-order valence-electron chi connectivity index (χ1n) is 11.8. The molecule has 0 fully saturated rings. The van der Waals surface area contributed by atoms with E-state index in [2.05, 4.69) is 15.3 Å². The maximum atomic E-state index is 13.8. The zero-order valence-electron chi connectivity index (χ0n) is 20.6. The second-order valence-corrected chi connectivity index (χ2v) is 8.33. The molecule has 0 aliphatic carbocycles. The highest BCUT2D eigenvalue weighted by atomic mass is 19.1. The molecule has 8 heteroatoms. The monoisotopic (exact) mass is 498 g/mol. The molecule has 0 unspecified atom stereocenters. The number of hydrogen-bond acceptors (Lipinski definition) is 5. The molecule has 1 heterocycles. The fraction of sp³-hybridized carbons (Fsp3) is 0.172. The molecule has 4 aromatic rings. The van der Waals surface area contributed by atoms with Gasteiger partial charge in [-0.1, -0.05) is 49.4 Å².